The summed E-state index contributed by atoms with van der Waals surface area (Å²) < 4.78 is 0. The zero-order valence-electron chi connectivity index (χ0n) is 10.3. The predicted molar refractivity (Wildman–Crippen MR) is 68.9 cm³/mol. The topological polar surface area (TPSA) is 113 Å². The van der Waals surface area contributed by atoms with E-state index in [4.69, 9.17) is 5.73 Å². The van der Waals surface area contributed by atoms with Crippen molar-refractivity contribution in [1.82, 2.24) is 16.0 Å². The highest BCUT2D eigenvalue weighted by atomic mass is 16.2. The Kier molecular flexibility index (Phi) is 5.87. The molecule has 0 heterocycles. The fourth-order valence-electron chi connectivity index (χ4n) is 1.25. The molecule has 0 aliphatic carbocycles. The second kappa shape index (κ2) is 7.70. The lowest BCUT2D eigenvalue weighted by Gasteiger charge is -2.07. The number of carbonyl (C=O) groups excluding carboxylic acids is 3. The molecule has 0 fully saturated rings. The normalized spacial score (nSPS) is 9.47. The van der Waals surface area contributed by atoms with E-state index in [1.54, 1.807) is 0 Å². The molecule has 19 heavy (non-hydrogen) atoms. The number of nitrogens with two attached hydrogens (primary N) is 1. The molecule has 0 aliphatic rings. The monoisotopic (exact) mass is 264 g/mol. The van der Waals surface area contributed by atoms with Crippen LogP contribution in [0.3, 0.4) is 0 Å². The Hall–Kier alpha value is -2.57. The fourth-order valence-corrected chi connectivity index (χ4v) is 1.25. The van der Waals surface area contributed by atoms with Crippen LogP contribution in [-0.2, 0) is 16.1 Å². The van der Waals surface area contributed by atoms with E-state index in [0.29, 0.717) is 6.54 Å². The molecule has 0 saturated heterocycles. The van der Waals surface area contributed by atoms with Crippen LogP contribution in [0.2, 0.25) is 0 Å². The number of carbonyl (C=O) groups is 3. The first-order chi connectivity index (χ1) is 9.08. The van der Waals surface area contributed by atoms with Gasteiger partial charge >= 0.3 is 6.03 Å². The minimum atomic E-state index is -0.649. The summed E-state index contributed by atoms with van der Waals surface area (Å²) in [5.74, 6) is -0.971. The Morgan fingerprint density at radius 2 is 1.58 bits per heavy atom. The largest absolute Gasteiger partial charge is 0.368 e. The average Bonchev–Trinajstić information content (AvgIpc) is 2.41. The van der Waals surface area contributed by atoms with E-state index in [9.17, 15) is 14.4 Å². The van der Waals surface area contributed by atoms with E-state index in [1.807, 2.05) is 30.3 Å². The van der Waals surface area contributed by atoms with E-state index in [2.05, 4.69) is 16.0 Å². The maximum atomic E-state index is 11.4. The lowest BCUT2D eigenvalue weighted by atomic mass is 10.2. The SMILES string of the molecule is NC(=O)CNC(=O)NCC(=O)NCc1ccccc1. The van der Waals surface area contributed by atoms with Crippen molar-refractivity contribution >= 4 is 17.8 Å². The van der Waals surface area contributed by atoms with Gasteiger partial charge in [0.2, 0.25) is 11.8 Å². The van der Waals surface area contributed by atoms with E-state index in [1.165, 1.54) is 0 Å². The lowest BCUT2D eigenvalue weighted by Crippen LogP contribution is -2.44. The number of amides is 4. The molecule has 0 aliphatic heterocycles. The van der Waals surface area contributed by atoms with E-state index < -0.39 is 11.9 Å². The number of nitrogens with one attached hydrogen (secondary N) is 3. The maximum absolute atomic E-state index is 11.4. The molecule has 0 atom stereocenters. The van der Waals surface area contributed by atoms with Gasteiger partial charge < -0.3 is 21.7 Å². The van der Waals surface area contributed by atoms with Crippen molar-refractivity contribution in [2.75, 3.05) is 13.1 Å². The van der Waals surface area contributed by atoms with Crippen molar-refractivity contribution in [2.24, 2.45) is 5.73 Å². The molecule has 102 valence electrons. The molecular formula is C12H16N4O3. The Bertz CT molecular complexity index is 448. The Morgan fingerprint density at radius 3 is 2.21 bits per heavy atom. The molecule has 7 nitrogen and oxygen atoms in total. The van der Waals surface area contributed by atoms with Crippen LogP contribution < -0.4 is 21.7 Å². The van der Waals surface area contributed by atoms with Crippen molar-refractivity contribution in [3.63, 3.8) is 0 Å². The van der Waals surface area contributed by atoms with E-state index in [-0.39, 0.29) is 19.0 Å². The summed E-state index contributed by atoms with van der Waals surface area (Å²) >= 11 is 0. The molecule has 5 N–H and O–H groups in total. The number of hydrogen-bond acceptors (Lipinski definition) is 3. The van der Waals surface area contributed by atoms with Crippen LogP contribution in [-0.4, -0.2) is 30.9 Å². The highest BCUT2D eigenvalue weighted by Crippen LogP contribution is 1.96. The second-order valence-electron chi connectivity index (χ2n) is 3.76. The van der Waals surface area contributed by atoms with Crippen molar-refractivity contribution < 1.29 is 14.4 Å². The van der Waals surface area contributed by atoms with Crippen molar-refractivity contribution in [3.05, 3.63) is 35.9 Å². The molecule has 0 spiro atoms. The quantitative estimate of drug-likeness (QED) is 0.533. The number of primary amides is 1. The molecule has 1 aromatic carbocycles. The van der Waals surface area contributed by atoms with Crippen LogP contribution in [0.4, 0.5) is 4.79 Å². The van der Waals surface area contributed by atoms with Crippen LogP contribution in [0.15, 0.2) is 30.3 Å². The molecule has 4 amide bonds. The molecule has 1 aromatic rings. The smallest absolute Gasteiger partial charge is 0.315 e. The molecular weight excluding hydrogens is 248 g/mol. The zero-order chi connectivity index (χ0) is 14.1. The second-order valence-corrected chi connectivity index (χ2v) is 3.76. The molecule has 0 bridgehead atoms. The summed E-state index contributed by atoms with van der Waals surface area (Å²) in [5.41, 5.74) is 5.81. The minimum absolute atomic E-state index is 0.169. The van der Waals surface area contributed by atoms with Gasteiger partial charge in [0.15, 0.2) is 0 Å². The summed E-state index contributed by atoms with van der Waals surface area (Å²) in [4.78, 5) is 32.9. The van der Waals surface area contributed by atoms with Gasteiger partial charge in [-0.2, -0.15) is 0 Å². The summed E-state index contributed by atoms with van der Waals surface area (Å²) in [7, 11) is 0. The fraction of sp³-hybridized carbons (Fsp3) is 0.250. The van der Waals surface area contributed by atoms with Gasteiger partial charge in [0.1, 0.15) is 0 Å². The first-order valence-electron chi connectivity index (χ1n) is 5.68. The van der Waals surface area contributed by atoms with E-state index >= 15 is 0 Å². The van der Waals surface area contributed by atoms with Gasteiger partial charge in [-0.15, -0.1) is 0 Å². The summed E-state index contributed by atoms with van der Waals surface area (Å²) in [6.07, 6.45) is 0. The van der Waals surface area contributed by atoms with Gasteiger partial charge in [0, 0.05) is 6.54 Å². The predicted octanol–water partition coefficient (Wildman–Crippen LogP) is -0.913. The van der Waals surface area contributed by atoms with Crippen LogP contribution in [0.25, 0.3) is 0 Å². The molecule has 0 unspecified atom stereocenters. The van der Waals surface area contributed by atoms with Gasteiger partial charge in [-0.25, -0.2) is 4.79 Å². The van der Waals surface area contributed by atoms with Gasteiger partial charge in [0.05, 0.1) is 13.1 Å². The molecule has 7 heteroatoms. The Labute approximate surface area is 110 Å². The Morgan fingerprint density at radius 1 is 0.947 bits per heavy atom. The van der Waals surface area contributed by atoms with Crippen molar-refractivity contribution in [3.8, 4) is 0 Å². The highest BCUT2D eigenvalue weighted by Gasteiger charge is 2.05. The Balaban J connectivity index is 2.17. The van der Waals surface area contributed by atoms with Gasteiger partial charge in [0.25, 0.3) is 0 Å². The zero-order valence-corrected chi connectivity index (χ0v) is 10.3. The summed E-state index contributed by atoms with van der Waals surface area (Å²) in [6, 6.07) is 8.78. The standard InChI is InChI=1S/C12H16N4O3/c13-10(17)7-15-12(19)16-8-11(18)14-6-9-4-2-1-3-5-9/h1-5H,6-8H2,(H2,13,17)(H,14,18)(H2,15,16,19). The number of urea groups is 1. The van der Waals surface area contributed by atoms with Gasteiger partial charge in [-0.1, -0.05) is 30.3 Å². The third-order valence-corrected chi connectivity index (χ3v) is 2.17. The van der Waals surface area contributed by atoms with Gasteiger partial charge in [-0.3, -0.25) is 9.59 Å². The third-order valence-electron chi connectivity index (χ3n) is 2.17. The molecule has 1 rings (SSSR count). The van der Waals surface area contributed by atoms with Crippen LogP contribution in [0, 0.1) is 0 Å². The third kappa shape index (κ3) is 6.67. The lowest BCUT2D eigenvalue weighted by molar-refractivity contribution is -0.120. The molecule has 0 aromatic heterocycles. The summed E-state index contributed by atoms with van der Waals surface area (Å²) in [6.45, 7) is -0.0425. The van der Waals surface area contributed by atoms with Crippen LogP contribution in [0.5, 0.6) is 0 Å². The number of benzene rings is 1. The van der Waals surface area contributed by atoms with Crippen LogP contribution >= 0.6 is 0 Å². The molecule has 0 saturated carbocycles. The maximum Gasteiger partial charge on any atom is 0.315 e. The number of rotatable bonds is 6. The van der Waals surface area contributed by atoms with Crippen LogP contribution in [0.1, 0.15) is 5.56 Å². The average molecular weight is 264 g/mol. The summed E-state index contributed by atoms with van der Waals surface area (Å²) in [5, 5.41) is 7.16. The van der Waals surface area contributed by atoms with Crippen molar-refractivity contribution in [1.29, 1.82) is 0 Å². The molecule has 0 radical (unpaired) electrons. The van der Waals surface area contributed by atoms with Gasteiger partial charge in [-0.05, 0) is 5.56 Å². The highest BCUT2D eigenvalue weighted by molar-refractivity contribution is 5.86. The number of hydrogen-bond donors (Lipinski definition) is 4. The first kappa shape index (κ1) is 14.5. The minimum Gasteiger partial charge on any atom is -0.368 e. The van der Waals surface area contributed by atoms with E-state index in [0.717, 1.165) is 5.56 Å². The first-order valence-corrected chi connectivity index (χ1v) is 5.68. The van der Waals surface area contributed by atoms with Crippen molar-refractivity contribution in [2.45, 2.75) is 6.54 Å².